The van der Waals surface area contributed by atoms with Crippen LogP contribution in [-0.2, 0) is 20.3 Å². The van der Waals surface area contributed by atoms with Gasteiger partial charge in [-0.1, -0.05) is 0 Å². The van der Waals surface area contributed by atoms with Gasteiger partial charge < -0.3 is 18.8 Å². The lowest BCUT2D eigenvalue weighted by molar-refractivity contribution is 0.234. The first-order valence-electron chi connectivity index (χ1n) is 4.89. The Morgan fingerprint density at radius 2 is 2.41 bits per heavy atom. The van der Waals surface area contributed by atoms with Crippen molar-refractivity contribution in [1.82, 2.24) is 14.8 Å². The third-order valence-corrected chi connectivity index (χ3v) is 2.17. The van der Waals surface area contributed by atoms with Crippen LogP contribution in [0.15, 0.2) is 27.9 Å². The minimum absolute atomic E-state index is 0.0743. The molecule has 0 unspecified atom stereocenters. The molecule has 90 valence electrons. The Labute approximate surface area is 96.3 Å². The summed E-state index contributed by atoms with van der Waals surface area (Å²) in [6.45, 7) is -0.196. The molecule has 0 saturated carbocycles. The Kier molecular flexibility index (Phi) is 3.20. The third-order valence-electron chi connectivity index (χ3n) is 2.17. The van der Waals surface area contributed by atoms with E-state index in [0.29, 0.717) is 5.82 Å². The predicted octanol–water partition coefficient (Wildman–Crippen LogP) is -0.160. The Hall–Kier alpha value is -2.15. The number of aromatic nitrogens is 3. The summed E-state index contributed by atoms with van der Waals surface area (Å²) in [6, 6.07) is 1.19. The highest BCUT2D eigenvalue weighted by molar-refractivity contribution is 5.17. The van der Waals surface area contributed by atoms with Crippen LogP contribution in [0.5, 0.6) is 5.75 Å². The number of hydrogen-bond acceptors (Lipinski definition) is 6. The Balaban J connectivity index is 2.10. The van der Waals surface area contributed by atoms with Gasteiger partial charge in [0.2, 0.25) is 11.2 Å². The second-order valence-electron chi connectivity index (χ2n) is 3.38. The highest BCUT2D eigenvalue weighted by Crippen LogP contribution is 2.07. The molecule has 1 N–H and O–H groups in total. The molecule has 0 fully saturated rings. The summed E-state index contributed by atoms with van der Waals surface area (Å²) in [6.07, 6.45) is 2.71. The maximum absolute atomic E-state index is 11.5. The molecule has 7 heteroatoms. The standard InChI is InChI=1S/C10H11N3O4/c1-13-6-11-12-10(13)5-17-9-4-16-7(3-14)2-8(9)15/h2,4,6,14H,3,5H2,1H3. The quantitative estimate of drug-likeness (QED) is 0.794. The topological polar surface area (TPSA) is 90.4 Å². The van der Waals surface area contributed by atoms with Crippen LogP contribution in [0.4, 0.5) is 0 Å². The molecule has 0 atom stereocenters. The van der Waals surface area contributed by atoms with Crippen LogP contribution in [0.3, 0.4) is 0 Å². The van der Waals surface area contributed by atoms with Crippen molar-refractivity contribution in [1.29, 1.82) is 0 Å². The largest absolute Gasteiger partial charge is 0.478 e. The smallest absolute Gasteiger partial charge is 0.227 e. The minimum Gasteiger partial charge on any atom is -0.478 e. The van der Waals surface area contributed by atoms with Crippen LogP contribution in [0.25, 0.3) is 0 Å². The van der Waals surface area contributed by atoms with E-state index < -0.39 is 0 Å². The fourth-order valence-corrected chi connectivity index (χ4v) is 1.21. The Bertz CT molecular complexity index is 561. The molecule has 0 radical (unpaired) electrons. The van der Waals surface area contributed by atoms with Gasteiger partial charge in [-0.25, -0.2) is 0 Å². The molecule has 0 bridgehead atoms. The first-order chi connectivity index (χ1) is 8.20. The van der Waals surface area contributed by atoms with Crippen LogP contribution in [-0.4, -0.2) is 19.9 Å². The second kappa shape index (κ2) is 4.79. The van der Waals surface area contributed by atoms with Crippen molar-refractivity contribution in [3.8, 4) is 5.75 Å². The van der Waals surface area contributed by atoms with Crippen LogP contribution in [0.2, 0.25) is 0 Å². The fraction of sp³-hybridized carbons (Fsp3) is 0.300. The van der Waals surface area contributed by atoms with Crippen LogP contribution in [0, 0.1) is 0 Å². The van der Waals surface area contributed by atoms with Crippen molar-refractivity contribution in [2.24, 2.45) is 7.05 Å². The number of aliphatic hydroxyl groups is 1. The molecule has 0 aliphatic heterocycles. The lowest BCUT2D eigenvalue weighted by Gasteiger charge is -2.04. The van der Waals surface area contributed by atoms with E-state index >= 15 is 0 Å². The molecule has 2 aromatic rings. The summed E-state index contributed by atoms with van der Waals surface area (Å²) >= 11 is 0. The first-order valence-corrected chi connectivity index (χ1v) is 4.89. The van der Waals surface area contributed by atoms with E-state index in [1.165, 1.54) is 18.7 Å². The third kappa shape index (κ3) is 2.51. The van der Waals surface area contributed by atoms with E-state index in [9.17, 15) is 4.79 Å². The van der Waals surface area contributed by atoms with Crippen molar-refractivity contribution in [2.75, 3.05) is 0 Å². The highest BCUT2D eigenvalue weighted by atomic mass is 16.5. The van der Waals surface area contributed by atoms with E-state index in [4.69, 9.17) is 14.3 Å². The van der Waals surface area contributed by atoms with E-state index in [1.807, 2.05) is 0 Å². The zero-order valence-electron chi connectivity index (χ0n) is 9.16. The van der Waals surface area contributed by atoms with Gasteiger partial charge in [-0.2, -0.15) is 0 Å². The molecule has 7 nitrogen and oxygen atoms in total. The van der Waals surface area contributed by atoms with Crippen molar-refractivity contribution < 1.29 is 14.3 Å². The lowest BCUT2D eigenvalue weighted by atomic mass is 10.4. The highest BCUT2D eigenvalue weighted by Gasteiger charge is 2.06. The van der Waals surface area contributed by atoms with Crippen LogP contribution >= 0.6 is 0 Å². The van der Waals surface area contributed by atoms with Gasteiger partial charge in [-0.3, -0.25) is 4.79 Å². The zero-order valence-corrected chi connectivity index (χ0v) is 9.16. The summed E-state index contributed by atoms with van der Waals surface area (Å²) in [5, 5.41) is 16.3. The summed E-state index contributed by atoms with van der Waals surface area (Å²) in [7, 11) is 1.77. The molecular weight excluding hydrogens is 226 g/mol. The summed E-state index contributed by atoms with van der Waals surface area (Å²) in [5.74, 6) is 0.863. The van der Waals surface area contributed by atoms with Gasteiger partial charge in [0, 0.05) is 13.1 Å². The van der Waals surface area contributed by atoms with Gasteiger partial charge in [-0.05, 0) is 0 Å². The first kappa shape index (κ1) is 11.3. The van der Waals surface area contributed by atoms with Crippen molar-refractivity contribution in [3.05, 3.63) is 40.5 Å². The molecule has 17 heavy (non-hydrogen) atoms. The van der Waals surface area contributed by atoms with E-state index in [0.717, 1.165) is 0 Å². The van der Waals surface area contributed by atoms with Crippen molar-refractivity contribution >= 4 is 0 Å². The van der Waals surface area contributed by atoms with E-state index in [-0.39, 0.29) is 30.2 Å². The van der Waals surface area contributed by atoms with Gasteiger partial charge in [0.1, 0.15) is 31.6 Å². The average Bonchev–Trinajstić information content (AvgIpc) is 2.73. The monoisotopic (exact) mass is 237 g/mol. The van der Waals surface area contributed by atoms with E-state index in [2.05, 4.69) is 10.2 Å². The summed E-state index contributed by atoms with van der Waals surface area (Å²) < 4.78 is 11.9. The number of aliphatic hydroxyl groups excluding tert-OH is 1. The molecule has 0 amide bonds. The normalized spacial score (nSPS) is 10.5. The van der Waals surface area contributed by atoms with Crippen molar-refractivity contribution in [3.63, 3.8) is 0 Å². The SMILES string of the molecule is Cn1cnnc1COc1coc(CO)cc1=O. The molecule has 2 rings (SSSR count). The van der Waals surface area contributed by atoms with Gasteiger partial charge in [0.15, 0.2) is 5.82 Å². The lowest BCUT2D eigenvalue weighted by Crippen LogP contribution is -2.10. The summed E-state index contributed by atoms with van der Waals surface area (Å²) in [4.78, 5) is 11.5. The number of nitrogens with zero attached hydrogens (tertiary/aromatic N) is 3. The predicted molar refractivity (Wildman–Crippen MR) is 56.2 cm³/mol. The van der Waals surface area contributed by atoms with E-state index in [1.54, 1.807) is 11.6 Å². The minimum atomic E-state index is -0.345. The average molecular weight is 237 g/mol. The van der Waals surface area contributed by atoms with Gasteiger partial charge in [-0.15, -0.1) is 10.2 Å². The fourth-order valence-electron chi connectivity index (χ4n) is 1.21. The Morgan fingerprint density at radius 1 is 1.59 bits per heavy atom. The molecule has 0 saturated heterocycles. The number of ether oxygens (including phenoxy) is 1. The second-order valence-corrected chi connectivity index (χ2v) is 3.38. The van der Waals surface area contributed by atoms with Crippen LogP contribution in [0.1, 0.15) is 11.6 Å². The van der Waals surface area contributed by atoms with Crippen LogP contribution < -0.4 is 10.2 Å². The zero-order chi connectivity index (χ0) is 12.3. The summed E-state index contributed by atoms with van der Waals surface area (Å²) in [5.41, 5.74) is -0.345. The molecule has 0 aromatic carbocycles. The molecular formula is C10H11N3O4. The number of hydrogen-bond donors (Lipinski definition) is 1. The molecule has 2 heterocycles. The maximum Gasteiger partial charge on any atom is 0.227 e. The number of aryl methyl sites for hydroxylation is 1. The van der Waals surface area contributed by atoms with Crippen molar-refractivity contribution in [2.45, 2.75) is 13.2 Å². The number of rotatable bonds is 4. The molecule has 2 aromatic heterocycles. The molecule has 0 aliphatic rings. The molecule has 0 spiro atoms. The molecule has 0 aliphatic carbocycles. The van der Waals surface area contributed by atoms with Gasteiger partial charge in [0.05, 0.1) is 0 Å². The van der Waals surface area contributed by atoms with Gasteiger partial charge in [0.25, 0.3) is 0 Å². The van der Waals surface area contributed by atoms with Gasteiger partial charge >= 0.3 is 0 Å². The Morgan fingerprint density at radius 3 is 3.00 bits per heavy atom. The maximum atomic E-state index is 11.5.